The molecule has 1 amide bonds. The third-order valence-corrected chi connectivity index (χ3v) is 3.20. The molecule has 5 nitrogen and oxygen atoms in total. The van der Waals surface area contributed by atoms with Gasteiger partial charge < -0.3 is 10.2 Å². The first-order valence-electron chi connectivity index (χ1n) is 6.38. The van der Waals surface area contributed by atoms with Crippen molar-refractivity contribution in [1.29, 1.82) is 5.26 Å². The molecule has 0 aliphatic carbocycles. The Kier molecular flexibility index (Phi) is 4.31. The SMILES string of the molecule is N#Cc1cccnc1N1CCC[C@H]1C(=O)NCC(F)(F)F. The van der Waals surface area contributed by atoms with Crippen LogP contribution in [0, 0.1) is 11.3 Å². The van der Waals surface area contributed by atoms with Crippen molar-refractivity contribution < 1.29 is 18.0 Å². The Hall–Kier alpha value is -2.30. The molecule has 1 fully saturated rings. The molecule has 112 valence electrons. The summed E-state index contributed by atoms with van der Waals surface area (Å²) >= 11 is 0. The van der Waals surface area contributed by atoms with Crippen molar-refractivity contribution in [3.8, 4) is 6.07 Å². The number of halogens is 3. The van der Waals surface area contributed by atoms with E-state index in [1.54, 1.807) is 17.0 Å². The minimum absolute atomic E-state index is 0.299. The van der Waals surface area contributed by atoms with Crippen LogP contribution in [0.25, 0.3) is 0 Å². The number of anilines is 1. The van der Waals surface area contributed by atoms with E-state index in [9.17, 15) is 18.0 Å². The summed E-state index contributed by atoms with van der Waals surface area (Å²) in [6.07, 6.45) is -1.86. The number of hydrogen-bond acceptors (Lipinski definition) is 4. The first-order valence-corrected chi connectivity index (χ1v) is 6.38. The molecule has 1 aromatic heterocycles. The van der Waals surface area contributed by atoms with Gasteiger partial charge in [0.05, 0.1) is 5.56 Å². The zero-order valence-corrected chi connectivity index (χ0v) is 11.0. The van der Waals surface area contributed by atoms with E-state index in [4.69, 9.17) is 5.26 Å². The second-order valence-corrected chi connectivity index (χ2v) is 4.67. The fourth-order valence-electron chi connectivity index (χ4n) is 2.31. The van der Waals surface area contributed by atoms with Crippen molar-refractivity contribution in [2.45, 2.75) is 25.1 Å². The van der Waals surface area contributed by atoms with Crippen molar-refractivity contribution in [3.05, 3.63) is 23.9 Å². The van der Waals surface area contributed by atoms with Crippen LogP contribution in [0.2, 0.25) is 0 Å². The van der Waals surface area contributed by atoms with Crippen molar-refractivity contribution >= 4 is 11.7 Å². The van der Waals surface area contributed by atoms with Gasteiger partial charge in [-0.05, 0) is 25.0 Å². The fourth-order valence-corrected chi connectivity index (χ4v) is 2.31. The molecule has 21 heavy (non-hydrogen) atoms. The van der Waals surface area contributed by atoms with E-state index in [1.807, 2.05) is 11.4 Å². The molecule has 1 aliphatic rings. The van der Waals surface area contributed by atoms with Crippen molar-refractivity contribution in [2.24, 2.45) is 0 Å². The number of nitriles is 1. The standard InChI is InChI=1S/C13H13F3N4O/c14-13(15,16)8-19-12(21)10-4-2-6-20(10)11-9(7-17)3-1-5-18-11/h1,3,5,10H,2,4,6,8H2,(H,19,21)/t10-/m0/s1. The van der Waals surface area contributed by atoms with Crippen LogP contribution in [0.4, 0.5) is 19.0 Å². The number of hydrogen-bond donors (Lipinski definition) is 1. The van der Waals surface area contributed by atoms with Crippen LogP contribution in [0.3, 0.4) is 0 Å². The second-order valence-electron chi connectivity index (χ2n) is 4.67. The Morgan fingerprint density at radius 1 is 1.57 bits per heavy atom. The highest BCUT2D eigenvalue weighted by molar-refractivity contribution is 5.86. The summed E-state index contributed by atoms with van der Waals surface area (Å²) in [6.45, 7) is -0.876. The van der Waals surface area contributed by atoms with Crippen LogP contribution in [0.15, 0.2) is 18.3 Å². The topological polar surface area (TPSA) is 69.0 Å². The lowest BCUT2D eigenvalue weighted by Gasteiger charge is -2.25. The van der Waals surface area contributed by atoms with Gasteiger partial charge in [0.25, 0.3) is 0 Å². The quantitative estimate of drug-likeness (QED) is 0.920. The minimum Gasteiger partial charge on any atom is -0.345 e. The van der Waals surface area contributed by atoms with Crippen molar-refractivity contribution in [3.63, 3.8) is 0 Å². The smallest absolute Gasteiger partial charge is 0.345 e. The molecule has 1 saturated heterocycles. The largest absolute Gasteiger partial charge is 0.405 e. The molecule has 0 unspecified atom stereocenters. The lowest BCUT2D eigenvalue weighted by atomic mass is 10.2. The van der Waals surface area contributed by atoms with Gasteiger partial charge in [-0.1, -0.05) is 0 Å². The number of nitrogens with one attached hydrogen (secondary N) is 1. The average Bonchev–Trinajstić information content (AvgIpc) is 2.93. The van der Waals surface area contributed by atoms with Gasteiger partial charge in [-0.2, -0.15) is 18.4 Å². The normalized spacial score (nSPS) is 18.4. The molecule has 1 aromatic rings. The zero-order valence-electron chi connectivity index (χ0n) is 11.0. The highest BCUT2D eigenvalue weighted by atomic mass is 19.4. The Labute approximate surface area is 119 Å². The van der Waals surface area contributed by atoms with Gasteiger partial charge in [0.1, 0.15) is 24.5 Å². The van der Waals surface area contributed by atoms with Crippen LogP contribution in [-0.4, -0.2) is 36.2 Å². The van der Waals surface area contributed by atoms with E-state index < -0.39 is 24.7 Å². The molecule has 0 bridgehead atoms. The van der Waals surface area contributed by atoms with Crippen molar-refractivity contribution in [2.75, 3.05) is 18.0 Å². The average molecular weight is 298 g/mol. The summed E-state index contributed by atoms with van der Waals surface area (Å²) in [4.78, 5) is 17.6. The molecule has 0 saturated carbocycles. The highest BCUT2D eigenvalue weighted by Gasteiger charge is 2.35. The van der Waals surface area contributed by atoms with E-state index in [0.29, 0.717) is 30.8 Å². The molecule has 0 radical (unpaired) electrons. The van der Waals surface area contributed by atoms with E-state index in [1.165, 1.54) is 6.20 Å². The summed E-state index contributed by atoms with van der Waals surface area (Å²) in [5.74, 6) is -0.357. The number of pyridine rings is 1. The number of carbonyl (C=O) groups is 1. The maximum absolute atomic E-state index is 12.2. The van der Waals surface area contributed by atoms with E-state index >= 15 is 0 Å². The Morgan fingerprint density at radius 3 is 3.00 bits per heavy atom. The van der Waals surface area contributed by atoms with Crippen molar-refractivity contribution in [1.82, 2.24) is 10.3 Å². The van der Waals surface area contributed by atoms with Crippen LogP contribution in [0.1, 0.15) is 18.4 Å². The Bertz CT molecular complexity index is 567. The first kappa shape index (κ1) is 15.1. The molecule has 1 N–H and O–H groups in total. The van der Waals surface area contributed by atoms with Crippen LogP contribution < -0.4 is 10.2 Å². The monoisotopic (exact) mass is 298 g/mol. The van der Waals surface area contributed by atoms with Gasteiger partial charge in [0.15, 0.2) is 0 Å². The number of amides is 1. The second kappa shape index (κ2) is 5.99. The molecule has 0 spiro atoms. The summed E-state index contributed by atoms with van der Waals surface area (Å²) < 4.78 is 36.5. The third-order valence-electron chi connectivity index (χ3n) is 3.20. The maximum atomic E-state index is 12.2. The highest BCUT2D eigenvalue weighted by Crippen LogP contribution is 2.26. The number of nitrogens with zero attached hydrogens (tertiary/aromatic N) is 3. The molecular weight excluding hydrogens is 285 g/mol. The molecule has 2 rings (SSSR count). The lowest BCUT2D eigenvalue weighted by molar-refractivity contribution is -0.139. The molecule has 0 aromatic carbocycles. The summed E-state index contributed by atoms with van der Waals surface area (Å²) in [5, 5.41) is 10.9. The summed E-state index contributed by atoms with van der Waals surface area (Å²) in [6, 6.07) is 4.40. The molecule has 1 atom stereocenters. The van der Waals surface area contributed by atoms with E-state index in [0.717, 1.165) is 0 Å². The van der Waals surface area contributed by atoms with Gasteiger partial charge in [-0.25, -0.2) is 4.98 Å². The van der Waals surface area contributed by atoms with Crippen LogP contribution in [0.5, 0.6) is 0 Å². The predicted molar refractivity (Wildman–Crippen MR) is 68.4 cm³/mol. The number of rotatable bonds is 3. The number of carbonyl (C=O) groups excluding carboxylic acids is 1. The van der Waals surface area contributed by atoms with Gasteiger partial charge in [-0.15, -0.1) is 0 Å². The third kappa shape index (κ3) is 3.62. The van der Waals surface area contributed by atoms with Gasteiger partial charge in [0.2, 0.25) is 5.91 Å². The zero-order chi connectivity index (χ0) is 15.5. The maximum Gasteiger partial charge on any atom is 0.405 e. The van der Waals surface area contributed by atoms with Gasteiger partial charge in [-0.3, -0.25) is 4.79 Å². The minimum atomic E-state index is -4.44. The molecule has 2 heterocycles. The van der Waals surface area contributed by atoms with Gasteiger partial charge >= 0.3 is 6.18 Å². The summed E-state index contributed by atoms with van der Waals surface area (Å²) in [7, 11) is 0. The predicted octanol–water partition coefficient (Wildman–Crippen LogP) is 1.60. The van der Waals surface area contributed by atoms with E-state index in [-0.39, 0.29) is 0 Å². The lowest BCUT2D eigenvalue weighted by Crippen LogP contribution is -2.46. The van der Waals surface area contributed by atoms with E-state index in [2.05, 4.69) is 4.98 Å². The van der Waals surface area contributed by atoms with Gasteiger partial charge in [0, 0.05) is 12.7 Å². The molecule has 1 aliphatic heterocycles. The fraction of sp³-hybridized carbons (Fsp3) is 0.462. The Morgan fingerprint density at radius 2 is 2.33 bits per heavy atom. The first-order chi connectivity index (χ1) is 9.92. The van der Waals surface area contributed by atoms with Crippen LogP contribution in [-0.2, 0) is 4.79 Å². The molecular formula is C13H13F3N4O. The number of aromatic nitrogens is 1. The van der Waals surface area contributed by atoms with Crippen LogP contribution >= 0.6 is 0 Å². The Balaban J connectivity index is 2.14. The number of alkyl halides is 3. The summed E-state index contributed by atoms with van der Waals surface area (Å²) in [5.41, 5.74) is 0.299. The molecule has 8 heteroatoms.